The first-order valence-corrected chi connectivity index (χ1v) is 0. The first kappa shape index (κ1) is 725. The smallest absolute Gasteiger partial charge is 0 e. The summed E-state index contributed by atoms with van der Waals surface area (Å²) in [6.45, 7) is 0. The van der Waals surface area contributed by atoms with Gasteiger partial charge in [-0.3, -0.25) is 0 Å². The molecule has 16 N–H and O–H groups in total. The van der Waals surface area contributed by atoms with Crippen LogP contribution in [-0.4, -0.2) is 43.8 Å². The van der Waals surface area contributed by atoms with Gasteiger partial charge in [0.2, 0.25) is 0 Å². The molecule has 96 valence electrons. The fourth-order valence-corrected chi connectivity index (χ4v) is 0. The molecule has 0 saturated carbocycles. The Kier molecular flexibility index (Phi) is 34500. The average Bonchev–Trinajstić information content (AvgIpc) is 0. The predicted octanol–water partition coefficient (Wildman–Crippen LogP) is -6.61. The molecule has 0 unspecified atom stereocenters. The van der Waals surface area contributed by atoms with Gasteiger partial charge in [-0.2, -0.15) is 0 Å². The van der Waals surface area contributed by atoms with Gasteiger partial charge >= 0.3 is 0 Å². The Balaban J connectivity index is 0. The summed E-state index contributed by atoms with van der Waals surface area (Å²) in [5.74, 6) is 0. The van der Waals surface area contributed by atoms with Crippen LogP contribution in [0.3, 0.4) is 0 Å². The van der Waals surface area contributed by atoms with Crippen LogP contribution in [0.4, 0.5) is 0 Å². The third kappa shape index (κ3) is 440. The Morgan fingerprint density at radius 1 is 0.167 bits per heavy atom. The standard InChI is InChI=1S/4Fe.8H2O/h;;;;8*1H2. The molecule has 0 aliphatic carbocycles. The van der Waals surface area contributed by atoms with E-state index in [1.165, 1.54) is 0 Å². The summed E-state index contributed by atoms with van der Waals surface area (Å²) >= 11 is 0. The van der Waals surface area contributed by atoms with E-state index in [1.807, 2.05) is 0 Å². The van der Waals surface area contributed by atoms with Crippen molar-refractivity contribution in [2.75, 3.05) is 0 Å². The van der Waals surface area contributed by atoms with Gasteiger partial charge in [0.25, 0.3) is 0 Å². The van der Waals surface area contributed by atoms with Gasteiger partial charge in [-0.25, -0.2) is 0 Å². The summed E-state index contributed by atoms with van der Waals surface area (Å²) in [5.41, 5.74) is 0. The monoisotopic (exact) mass is 368 g/mol. The van der Waals surface area contributed by atoms with Gasteiger partial charge in [0.15, 0.2) is 0 Å². The number of rotatable bonds is 0. The zero-order chi connectivity index (χ0) is 0. The molecule has 0 aromatic rings. The second kappa shape index (κ2) is 571. The minimum Gasteiger partial charge on any atom is -0.412 e. The fourth-order valence-electron chi connectivity index (χ4n) is 0. The maximum Gasteiger partial charge on any atom is 0 e. The van der Waals surface area contributed by atoms with E-state index in [2.05, 4.69) is 0 Å². The summed E-state index contributed by atoms with van der Waals surface area (Å²) in [5, 5.41) is 0. The molecule has 0 aromatic heterocycles. The maximum absolute atomic E-state index is 0. The third-order valence-electron chi connectivity index (χ3n) is 0. The Bertz CT molecular complexity index is 11.0. The van der Waals surface area contributed by atoms with Crippen molar-refractivity contribution in [2.45, 2.75) is 0 Å². The SMILES string of the molecule is O.O.O.O.O.O.O.O.[Fe].[Fe].[Fe].[Fe]. The molecule has 0 aliphatic heterocycles. The summed E-state index contributed by atoms with van der Waals surface area (Å²) < 4.78 is 0. The molecule has 0 heterocycles. The normalized spacial score (nSPS) is 0. The molecule has 8 nitrogen and oxygen atoms in total. The van der Waals surface area contributed by atoms with Crippen molar-refractivity contribution in [2.24, 2.45) is 0 Å². The van der Waals surface area contributed by atoms with Gasteiger partial charge in [-0.1, -0.05) is 0 Å². The molecule has 0 amide bonds. The number of hydrogen-bond donors (Lipinski definition) is 0. The zero-order valence-electron chi connectivity index (χ0n) is 5.41. The third-order valence-corrected chi connectivity index (χ3v) is 0. The summed E-state index contributed by atoms with van der Waals surface area (Å²) in [7, 11) is 0. The topological polar surface area (TPSA) is 252 Å². The fraction of sp³-hybridized carbons (Fsp3) is 0. The van der Waals surface area contributed by atoms with Crippen molar-refractivity contribution < 1.29 is 112 Å². The van der Waals surface area contributed by atoms with Crippen LogP contribution in [0.5, 0.6) is 0 Å². The van der Waals surface area contributed by atoms with Crippen LogP contribution in [0, 0.1) is 0 Å². The molecular weight excluding hydrogens is 351 g/mol. The Morgan fingerprint density at radius 3 is 0.167 bits per heavy atom. The van der Waals surface area contributed by atoms with E-state index in [-0.39, 0.29) is 112 Å². The van der Waals surface area contributed by atoms with Gasteiger partial charge < -0.3 is 43.8 Å². The Hall–Kier alpha value is 1.76. The molecule has 0 saturated heterocycles. The first-order valence-electron chi connectivity index (χ1n) is 0. The van der Waals surface area contributed by atoms with Gasteiger partial charge in [-0.15, -0.1) is 0 Å². The van der Waals surface area contributed by atoms with E-state index in [0.29, 0.717) is 0 Å². The van der Waals surface area contributed by atoms with Crippen molar-refractivity contribution in [3.8, 4) is 0 Å². The van der Waals surface area contributed by atoms with Crippen LogP contribution >= 0.6 is 0 Å². The van der Waals surface area contributed by atoms with Gasteiger partial charge in [-0.05, 0) is 0 Å². The minimum absolute atomic E-state index is 0. The van der Waals surface area contributed by atoms with Crippen LogP contribution in [0.25, 0.3) is 0 Å². The molecular formula is H16Fe4O8. The first-order chi connectivity index (χ1) is 0. The van der Waals surface area contributed by atoms with Crippen LogP contribution in [0.2, 0.25) is 0 Å². The van der Waals surface area contributed by atoms with Crippen molar-refractivity contribution in [3.63, 3.8) is 0 Å². The predicted molar refractivity (Wildman–Crippen MR) is 28.9 cm³/mol. The van der Waals surface area contributed by atoms with E-state index in [0.717, 1.165) is 0 Å². The van der Waals surface area contributed by atoms with E-state index in [1.54, 1.807) is 0 Å². The maximum atomic E-state index is 0. The van der Waals surface area contributed by atoms with Crippen LogP contribution in [0.15, 0.2) is 0 Å². The molecule has 0 spiro atoms. The van der Waals surface area contributed by atoms with Crippen molar-refractivity contribution in [1.82, 2.24) is 0 Å². The van der Waals surface area contributed by atoms with Crippen molar-refractivity contribution in [3.05, 3.63) is 0 Å². The Morgan fingerprint density at radius 2 is 0.167 bits per heavy atom. The van der Waals surface area contributed by atoms with Gasteiger partial charge in [0.05, 0.1) is 0 Å². The van der Waals surface area contributed by atoms with E-state index < -0.39 is 0 Å². The molecule has 0 radical (unpaired) electrons. The molecule has 0 rings (SSSR count). The van der Waals surface area contributed by atoms with Crippen LogP contribution in [-0.2, 0) is 68.3 Å². The van der Waals surface area contributed by atoms with Crippen LogP contribution in [0.1, 0.15) is 0 Å². The van der Waals surface area contributed by atoms with Crippen molar-refractivity contribution >= 4 is 0 Å². The van der Waals surface area contributed by atoms with Gasteiger partial charge in [0, 0.05) is 68.3 Å². The molecule has 0 fully saturated rings. The van der Waals surface area contributed by atoms with Gasteiger partial charge in [0.1, 0.15) is 0 Å². The Labute approximate surface area is 112 Å². The number of hydrogen-bond acceptors (Lipinski definition) is 0. The quantitative estimate of drug-likeness (QED) is 0.362. The summed E-state index contributed by atoms with van der Waals surface area (Å²) in [4.78, 5) is 0. The molecule has 0 aliphatic rings. The zero-order valence-corrected chi connectivity index (χ0v) is 9.83. The average molecular weight is 368 g/mol. The molecule has 0 atom stereocenters. The molecule has 0 aromatic carbocycles. The van der Waals surface area contributed by atoms with E-state index >= 15 is 0 Å². The van der Waals surface area contributed by atoms with E-state index in [4.69, 9.17) is 0 Å². The molecule has 12 heavy (non-hydrogen) atoms. The second-order valence-electron chi connectivity index (χ2n) is 0. The summed E-state index contributed by atoms with van der Waals surface area (Å²) in [6, 6.07) is 0. The van der Waals surface area contributed by atoms with E-state index in [9.17, 15) is 0 Å². The largest absolute Gasteiger partial charge is 0.412 e. The van der Waals surface area contributed by atoms with Crippen molar-refractivity contribution in [1.29, 1.82) is 0 Å². The second-order valence-corrected chi connectivity index (χ2v) is 0. The molecule has 0 bridgehead atoms. The minimum atomic E-state index is 0. The summed E-state index contributed by atoms with van der Waals surface area (Å²) in [6.07, 6.45) is 0. The molecule has 12 heteroatoms. The van der Waals surface area contributed by atoms with Crippen LogP contribution < -0.4 is 0 Å².